The Balaban J connectivity index is 1.79. The van der Waals surface area contributed by atoms with Gasteiger partial charge in [0.15, 0.2) is 5.82 Å². The Bertz CT molecular complexity index is 956. The van der Waals surface area contributed by atoms with Crippen LogP contribution in [0.2, 0.25) is 0 Å². The highest BCUT2D eigenvalue weighted by Crippen LogP contribution is 2.30. The fourth-order valence-electron chi connectivity index (χ4n) is 3.83. The molecule has 1 aliphatic heterocycles. The molecule has 1 aromatic heterocycles. The minimum absolute atomic E-state index is 0.193. The standard InChI is InChI=1S/C20H29FN4O2S2/c1-14-8-18(29(26,27)23-19-11-28-13-22-19)16(21)9-17(14)24(5)15-6-7-25(10-15)12-20(2,3)4/h8-9,11,13,15,23H,6-7,10,12H2,1-5H3. The van der Waals surface area contributed by atoms with Crippen LogP contribution in [0, 0.1) is 18.2 Å². The zero-order valence-electron chi connectivity index (χ0n) is 17.6. The topological polar surface area (TPSA) is 65.5 Å². The lowest BCUT2D eigenvalue weighted by molar-refractivity contribution is 0.225. The van der Waals surface area contributed by atoms with Crippen LogP contribution in [0.5, 0.6) is 0 Å². The van der Waals surface area contributed by atoms with E-state index in [4.69, 9.17) is 0 Å². The average molecular weight is 441 g/mol. The second-order valence-electron chi connectivity index (χ2n) is 8.90. The van der Waals surface area contributed by atoms with Gasteiger partial charge in [-0.15, -0.1) is 11.3 Å². The Kier molecular flexibility index (Phi) is 6.21. The molecule has 2 aromatic rings. The molecule has 1 unspecified atom stereocenters. The van der Waals surface area contributed by atoms with E-state index in [0.717, 1.165) is 37.3 Å². The number of hydrogen-bond donors (Lipinski definition) is 1. The van der Waals surface area contributed by atoms with Gasteiger partial charge in [-0.3, -0.25) is 4.72 Å². The number of nitrogens with zero attached hydrogens (tertiary/aromatic N) is 3. The van der Waals surface area contributed by atoms with Gasteiger partial charge in [0.05, 0.1) is 5.51 Å². The molecule has 0 amide bonds. The van der Waals surface area contributed by atoms with E-state index in [1.807, 2.05) is 14.0 Å². The number of thiazole rings is 1. The van der Waals surface area contributed by atoms with Crippen molar-refractivity contribution in [2.75, 3.05) is 36.3 Å². The zero-order valence-corrected chi connectivity index (χ0v) is 19.2. The molecule has 1 N–H and O–H groups in total. The molecule has 29 heavy (non-hydrogen) atoms. The summed E-state index contributed by atoms with van der Waals surface area (Å²) in [7, 11) is -2.08. The predicted molar refractivity (Wildman–Crippen MR) is 117 cm³/mol. The van der Waals surface area contributed by atoms with E-state index >= 15 is 0 Å². The second kappa shape index (κ2) is 8.20. The van der Waals surface area contributed by atoms with E-state index in [-0.39, 0.29) is 22.2 Å². The lowest BCUT2D eigenvalue weighted by atomic mass is 9.96. The minimum Gasteiger partial charge on any atom is -0.370 e. The Hall–Kier alpha value is -1.71. The number of aromatic nitrogens is 1. The molecule has 9 heteroatoms. The van der Waals surface area contributed by atoms with Crippen molar-refractivity contribution in [3.05, 3.63) is 34.4 Å². The third-order valence-corrected chi connectivity index (χ3v) is 7.04. The summed E-state index contributed by atoms with van der Waals surface area (Å²) in [5.74, 6) is -0.567. The van der Waals surface area contributed by atoms with Gasteiger partial charge in [-0.2, -0.15) is 0 Å². The number of hydrogen-bond acceptors (Lipinski definition) is 6. The summed E-state index contributed by atoms with van der Waals surface area (Å²) in [6.07, 6.45) is 0.999. The van der Waals surface area contributed by atoms with Crippen LogP contribution in [0.15, 0.2) is 27.9 Å². The van der Waals surface area contributed by atoms with Crippen LogP contribution in [0.1, 0.15) is 32.8 Å². The molecule has 1 saturated heterocycles. The third-order valence-electron chi connectivity index (χ3n) is 5.08. The van der Waals surface area contributed by atoms with E-state index in [2.05, 4.69) is 40.3 Å². The summed E-state index contributed by atoms with van der Waals surface area (Å²) in [6, 6.07) is 3.00. The van der Waals surface area contributed by atoms with Gasteiger partial charge in [-0.05, 0) is 36.5 Å². The van der Waals surface area contributed by atoms with E-state index in [1.165, 1.54) is 29.0 Å². The SMILES string of the molecule is Cc1cc(S(=O)(=O)Nc2cscn2)c(F)cc1N(C)C1CCN(CC(C)(C)C)C1. The minimum atomic E-state index is -4.03. The number of benzene rings is 1. The number of aryl methyl sites for hydroxylation is 1. The van der Waals surface area contributed by atoms with Gasteiger partial charge in [0.25, 0.3) is 10.0 Å². The van der Waals surface area contributed by atoms with Gasteiger partial charge in [0.2, 0.25) is 0 Å². The summed E-state index contributed by atoms with van der Waals surface area (Å²) < 4.78 is 42.3. The molecule has 6 nitrogen and oxygen atoms in total. The highest BCUT2D eigenvalue weighted by atomic mass is 32.2. The summed E-state index contributed by atoms with van der Waals surface area (Å²) in [5.41, 5.74) is 3.19. The van der Waals surface area contributed by atoms with Crippen molar-refractivity contribution in [3.63, 3.8) is 0 Å². The van der Waals surface area contributed by atoms with E-state index in [9.17, 15) is 12.8 Å². The van der Waals surface area contributed by atoms with Crippen LogP contribution < -0.4 is 9.62 Å². The fraction of sp³-hybridized carbons (Fsp3) is 0.550. The Morgan fingerprint density at radius 3 is 2.72 bits per heavy atom. The van der Waals surface area contributed by atoms with Gasteiger partial charge in [-0.25, -0.2) is 17.8 Å². The number of halogens is 1. The predicted octanol–water partition coefficient (Wildman–Crippen LogP) is 3.95. The first-order valence-corrected chi connectivity index (χ1v) is 12.1. The molecule has 2 heterocycles. The van der Waals surface area contributed by atoms with Gasteiger partial charge in [0.1, 0.15) is 10.7 Å². The Morgan fingerprint density at radius 2 is 2.10 bits per heavy atom. The van der Waals surface area contributed by atoms with Crippen LogP contribution in [-0.4, -0.2) is 51.0 Å². The van der Waals surface area contributed by atoms with E-state index in [1.54, 1.807) is 5.38 Å². The van der Waals surface area contributed by atoms with Gasteiger partial charge in [0, 0.05) is 43.8 Å². The maximum atomic E-state index is 14.8. The number of likely N-dealkylation sites (tertiary alicyclic amines) is 1. The van der Waals surface area contributed by atoms with Crippen LogP contribution in [-0.2, 0) is 10.0 Å². The smallest absolute Gasteiger partial charge is 0.266 e. The summed E-state index contributed by atoms with van der Waals surface area (Å²) in [4.78, 5) is 8.05. The summed E-state index contributed by atoms with van der Waals surface area (Å²) >= 11 is 1.26. The number of sulfonamides is 1. The van der Waals surface area contributed by atoms with Crippen LogP contribution >= 0.6 is 11.3 Å². The van der Waals surface area contributed by atoms with Gasteiger partial charge >= 0.3 is 0 Å². The maximum Gasteiger partial charge on any atom is 0.266 e. The van der Waals surface area contributed by atoms with Crippen molar-refractivity contribution >= 4 is 32.9 Å². The van der Waals surface area contributed by atoms with E-state index < -0.39 is 15.8 Å². The summed E-state index contributed by atoms with van der Waals surface area (Å²) in [5, 5.41) is 1.56. The van der Waals surface area contributed by atoms with Crippen molar-refractivity contribution < 1.29 is 12.8 Å². The van der Waals surface area contributed by atoms with Gasteiger partial charge < -0.3 is 9.80 Å². The first kappa shape index (κ1) is 22.0. The largest absolute Gasteiger partial charge is 0.370 e. The molecule has 0 radical (unpaired) electrons. The molecule has 160 valence electrons. The molecule has 1 atom stereocenters. The van der Waals surface area contributed by atoms with Crippen molar-refractivity contribution in [3.8, 4) is 0 Å². The molecule has 0 saturated carbocycles. The normalized spacial score (nSPS) is 18.2. The molecular weight excluding hydrogens is 411 g/mol. The van der Waals surface area contributed by atoms with Gasteiger partial charge in [-0.1, -0.05) is 20.8 Å². The molecule has 0 spiro atoms. The van der Waals surface area contributed by atoms with Crippen LogP contribution in [0.25, 0.3) is 0 Å². The highest BCUT2D eigenvalue weighted by Gasteiger charge is 2.30. The van der Waals surface area contributed by atoms with Crippen molar-refractivity contribution in [1.29, 1.82) is 0 Å². The fourth-order valence-corrected chi connectivity index (χ4v) is 5.53. The summed E-state index contributed by atoms with van der Waals surface area (Å²) in [6.45, 7) is 11.4. The molecule has 0 aliphatic carbocycles. The second-order valence-corrected chi connectivity index (χ2v) is 11.3. The lowest BCUT2D eigenvalue weighted by Crippen LogP contribution is -2.37. The van der Waals surface area contributed by atoms with Crippen molar-refractivity contribution in [2.45, 2.75) is 45.1 Å². The quantitative estimate of drug-likeness (QED) is 0.737. The number of rotatable bonds is 6. The first-order valence-electron chi connectivity index (χ1n) is 9.62. The molecule has 3 rings (SSSR count). The van der Waals surface area contributed by atoms with Crippen molar-refractivity contribution in [1.82, 2.24) is 9.88 Å². The Morgan fingerprint density at radius 1 is 1.38 bits per heavy atom. The first-order chi connectivity index (χ1) is 13.5. The molecule has 0 bridgehead atoms. The Labute approximate surface area is 176 Å². The molecule has 1 aromatic carbocycles. The maximum absolute atomic E-state index is 14.8. The van der Waals surface area contributed by atoms with Crippen molar-refractivity contribution in [2.24, 2.45) is 5.41 Å². The number of anilines is 2. The van der Waals surface area contributed by atoms with E-state index in [0.29, 0.717) is 0 Å². The number of likely N-dealkylation sites (N-methyl/N-ethyl adjacent to an activating group) is 1. The zero-order chi connectivity index (χ0) is 21.4. The lowest BCUT2D eigenvalue weighted by Gasteiger charge is -2.30. The molecular formula is C20H29FN4O2S2. The molecule has 1 fully saturated rings. The van der Waals surface area contributed by atoms with Crippen LogP contribution in [0.3, 0.4) is 0 Å². The molecule has 1 aliphatic rings. The van der Waals surface area contributed by atoms with Crippen LogP contribution in [0.4, 0.5) is 15.9 Å². The monoisotopic (exact) mass is 440 g/mol. The third kappa shape index (κ3) is 5.26. The highest BCUT2D eigenvalue weighted by molar-refractivity contribution is 7.92. The average Bonchev–Trinajstić information content (AvgIpc) is 3.26. The number of nitrogens with one attached hydrogen (secondary N) is 1.